The molecule has 6 heteroatoms. The molecule has 1 aromatic rings. The Kier molecular flexibility index (Phi) is 7.31. The molecule has 3 atom stereocenters. The topological polar surface area (TPSA) is 76.7 Å². The Balaban J connectivity index is 1.57. The van der Waals surface area contributed by atoms with Gasteiger partial charge in [-0.05, 0) is 56.2 Å². The van der Waals surface area contributed by atoms with E-state index in [1.54, 1.807) is 7.11 Å². The number of hydrogen-bond donors (Lipinski definition) is 2. The van der Waals surface area contributed by atoms with E-state index in [0.29, 0.717) is 25.5 Å². The molecule has 3 rings (SSSR count). The molecule has 6 nitrogen and oxygen atoms in total. The summed E-state index contributed by atoms with van der Waals surface area (Å²) in [4.78, 5) is 25.1. The fraction of sp³-hybridized carbons (Fsp3) is 0.636. The normalized spacial score (nSPS) is 24.4. The lowest BCUT2D eigenvalue weighted by atomic mass is 9.83. The van der Waals surface area contributed by atoms with Crippen LogP contribution in [0.15, 0.2) is 24.3 Å². The predicted molar refractivity (Wildman–Crippen MR) is 107 cm³/mol. The Morgan fingerprint density at radius 1 is 1.07 bits per heavy atom. The van der Waals surface area contributed by atoms with Gasteiger partial charge in [0.05, 0.1) is 25.7 Å². The molecule has 2 aliphatic rings. The molecule has 2 saturated carbocycles. The van der Waals surface area contributed by atoms with Crippen LogP contribution in [-0.2, 0) is 20.7 Å². The highest BCUT2D eigenvalue weighted by atomic mass is 16.5. The highest BCUT2D eigenvalue weighted by molar-refractivity contribution is 5.81. The Bertz CT molecular complexity index is 657. The summed E-state index contributed by atoms with van der Waals surface area (Å²) in [5.41, 5.74) is 0.933. The van der Waals surface area contributed by atoms with Gasteiger partial charge in [0.2, 0.25) is 11.8 Å². The van der Waals surface area contributed by atoms with Gasteiger partial charge < -0.3 is 20.1 Å². The molecular weight excluding hydrogens is 356 g/mol. The number of amides is 2. The Morgan fingerprint density at radius 2 is 1.82 bits per heavy atom. The third-order valence-electron chi connectivity index (χ3n) is 5.49. The van der Waals surface area contributed by atoms with Crippen LogP contribution in [0, 0.1) is 5.92 Å². The van der Waals surface area contributed by atoms with E-state index in [0.717, 1.165) is 43.4 Å². The van der Waals surface area contributed by atoms with Crippen molar-refractivity contribution in [2.75, 3.05) is 13.7 Å². The number of rotatable bonds is 9. The summed E-state index contributed by atoms with van der Waals surface area (Å²) in [6.07, 6.45) is 5.65. The molecule has 0 aromatic heterocycles. The smallest absolute Gasteiger partial charge is 0.224 e. The van der Waals surface area contributed by atoms with Crippen molar-refractivity contribution < 1.29 is 19.1 Å². The van der Waals surface area contributed by atoms with Crippen LogP contribution in [0.4, 0.5) is 0 Å². The zero-order valence-electron chi connectivity index (χ0n) is 16.9. The largest absolute Gasteiger partial charge is 0.497 e. The molecule has 0 saturated heterocycles. The van der Waals surface area contributed by atoms with Crippen molar-refractivity contribution in [1.82, 2.24) is 10.6 Å². The van der Waals surface area contributed by atoms with E-state index in [1.165, 1.54) is 0 Å². The van der Waals surface area contributed by atoms with Crippen molar-refractivity contribution in [3.05, 3.63) is 29.8 Å². The SMILES string of the molecule is CCCO[C@@H]1CC[C@H](C(=O)NC2CC2)C[C@H]1NC(=O)Cc1ccc(OC)cc1. The fourth-order valence-corrected chi connectivity index (χ4v) is 3.73. The van der Waals surface area contributed by atoms with Gasteiger partial charge in [0.1, 0.15) is 5.75 Å². The van der Waals surface area contributed by atoms with E-state index in [-0.39, 0.29) is 29.9 Å². The number of methoxy groups -OCH3 is 1. The predicted octanol–water partition coefficient (Wildman–Crippen LogP) is 2.60. The maximum atomic E-state index is 12.6. The summed E-state index contributed by atoms with van der Waals surface area (Å²) >= 11 is 0. The van der Waals surface area contributed by atoms with Crippen LogP contribution >= 0.6 is 0 Å². The second-order valence-corrected chi connectivity index (χ2v) is 7.90. The number of carbonyl (C=O) groups is 2. The van der Waals surface area contributed by atoms with Gasteiger partial charge in [-0.1, -0.05) is 19.1 Å². The third-order valence-corrected chi connectivity index (χ3v) is 5.49. The summed E-state index contributed by atoms with van der Waals surface area (Å²) in [5, 5.41) is 6.24. The van der Waals surface area contributed by atoms with E-state index >= 15 is 0 Å². The molecule has 1 aromatic carbocycles. The molecule has 2 aliphatic carbocycles. The Labute approximate surface area is 167 Å². The molecule has 0 radical (unpaired) electrons. The average molecular weight is 389 g/mol. The van der Waals surface area contributed by atoms with E-state index in [2.05, 4.69) is 17.6 Å². The van der Waals surface area contributed by atoms with Gasteiger partial charge in [-0.25, -0.2) is 0 Å². The van der Waals surface area contributed by atoms with Crippen molar-refractivity contribution in [1.29, 1.82) is 0 Å². The van der Waals surface area contributed by atoms with Gasteiger partial charge in [0.25, 0.3) is 0 Å². The second kappa shape index (κ2) is 9.92. The monoisotopic (exact) mass is 388 g/mol. The van der Waals surface area contributed by atoms with Crippen molar-refractivity contribution in [2.45, 2.75) is 70.1 Å². The summed E-state index contributed by atoms with van der Waals surface area (Å²) in [5.74, 6) is 0.816. The van der Waals surface area contributed by atoms with Crippen LogP contribution in [-0.4, -0.2) is 43.7 Å². The van der Waals surface area contributed by atoms with Gasteiger partial charge in [-0.3, -0.25) is 9.59 Å². The lowest BCUT2D eigenvalue weighted by Gasteiger charge is -2.36. The van der Waals surface area contributed by atoms with Gasteiger partial charge in [0.15, 0.2) is 0 Å². The van der Waals surface area contributed by atoms with Crippen molar-refractivity contribution in [3.63, 3.8) is 0 Å². The first-order valence-corrected chi connectivity index (χ1v) is 10.4. The number of hydrogen-bond acceptors (Lipinski definition) is 4. The van der Waals surface area contributed by atoms with Crippen LogP contribution in [0.1, 0.15) is 51.0 Å². The molecule has 28 heavy (non-hydrogen) atoms. The van der Waals surface area contributed by atoms with E-state index in [4.69, 9.17) is 9.47 Å². The lowest BCUT2D eigenvalue weighted by Crippen LogP contribution is -2.51. The van der Waals surface area contributed by atoms with Gasteiger partial charge in [-0.2, -0.15) is 0 Å². The van der Waals surface area contributed by atoms with E-state index in [9.17, 15) is 9.59 Å². The molecule has 0 unspecified atom stereocenters. The molecule has 0 spiro atoms. The molecule has 2 fully saturated rings. The molecule has 154 valence electrons. The van der Waals surface area contributed by atoms with Crippen LogP contribution in [0.5, 0.6) is 5.75 Å². The molecule has 0 heterocycles. The Hall–Kier alpha value is -2.08. The summed E-state index contributed by atoms with van der Waals surface area (Å²) < 4.78 is 11.1. The van der Waals surface area contributed by atoms with E-state index < -0.39 is 0 Å². The second-order valence-electron chi connectivity index (χ2n) is 7.90. The van der Waals surface area contributed by atoms with Crippen molar-refractivity contribution >= 4 is 11.8 Å². The quantitative estimate of drug-likeness (QED) is 0.682. The average Bonchev–Trinajstić information content (AvgIpc) is 3.51. The van der Waals surface area contributed by atoms with Gasteiger partial charge >= 0.3 is 0 Å². The maximum Gasteiger partial charge on any atom is 0.224 e. The van der Waals surface area contributed by atoms with Gasteiger partial charge in [0, 0.05) is 18.6 Å². The highest BCUT2D eigenvalue weighted by Gasteiger charge is 2.36. The molecule has 2 N–H and O–H groups in total. The summed E-state index contributed by atoms with van der Waals surface area (Å²) in [7, 11) is 1.62. The minimum absolute atomic E-state index is 0.0234. The summed E-state index contributed by atoms with van der Waals surface area (Å²) in [6, 6.07) is 7.75. The Morgan fingerprint density at radius 3 is 2.46 bits per heavy atom. The number of carbonyl (C=O) groups excluding carboxylic acids is 2. The minimum atomic E-state index is -0.124. The minimum Gasteiger partial charge on any atom is -0.497 e. The van der Waals surface area contributed by atoms with Crippen molar-refractivity contribution in [3.8, 4) is 5.75 Å². The van der Waals surface area contributed by atoms with Crippen molar-refractivity contribution in [2.24, 2.45) is 5.92 Å². The number of benzene rings is 1. The summed E-state index contributed by atoms with van der Waals surface area (Å²) in [6.45, 7) is 2.75. The van der Waals surface area contributed by atoms with Crippen LogP contribution in [0.3, 0.4) is 0 Å². The van der Waals surface area contributed by atoms with Crippen LogP contribution in [0.25, 0.3) is 0 Å². The third kappa shape index (κ3) is 5.96. The number of nitrogens with one attached hydrogen (secondary N) is 2. The first kappa shape index (κ1) is 20.6. The first-order valence-electron chi connectivity index (χ1n) is 10.4. The maximum absolute atomic E-state index is 12.6. The number of ether oxygens (including phenoxy) is 2. The molecular formula is C22H32N2O4. The molecule has 2 amide bonds. The molecule has 0 aliphatic heterocycles. The lowest BCUT2D eigenvalue weighted by molar-refractivity contribution is -0.130. The van der Waals surface area contributed by atoms with Crippen LogP contribution < -0.4 is 15.4 Å². The van der Waals surface area contributed by atoms with E-state index in [1.807, 2.05) is 24.3 Å². The standard InChI is InChI=1S/C22H32N2O4/c1-3-12-28-20-11-6-16(22(26)23-17-7-8-17)14-19(20)24-21(25)13-15-4-9-18(27-2)10-5-15/h4-5,9-10,16-17,19-20H,3,6-8,11-14H2,1-2H3,(H,23,26)(H,24,25)/t16-,19+,20+/m0/s1. The first-order chi connectivity index (χ1) is 13.6. The zero-order chi connectivity index (χ0) is 19.9. The highest BCUT2D eigenvalue weighted by Crippen LogP contribution is 2.29. The van der Waals surface area contributed by atoms with Crippen LogP contribution in [0.2, 0.25) is 0 Å². The zero-order valence-corrected chi connectivity index (χ0v) is 16.9. The van der Waals surface area contributed by atoms with Gasteiger partial charge in [-0.15, -0.1) is 0 Å². The molecule has 0 bridgehead atoms. The fourth-order valence-electron chi connectivity index (χ4n) is 3.73.